The average molecular weight is 233 g/mol. The van der Waals surface area contributed by atoms with E-state index in [-0.39, 0.29) is 23.7 Å². The van der Waals surface area contributed by atoms with Crippen molar-refractivity contribution in [3.8, 4) is 16.9 Å². The molecular formula is C6H6NO3P3. The van der Waals surface area contributed by atoms with Crippen LogP contribution in [0.5, 0.6) is 0 Å². The molecule has 0 amide bonds. The molecule has 0 saturated carbocycles. The third kappa shape index (κ3) is 8.32. The van der Waals surface area contributed by atoms with Gasteiger partial charge in [0.25, 0.3) is 0 Å². The average Bonchev–Trinajstić information content (AvgIpc) is 2.17. The minimum atomic E-state index is -0.179. The van der Waals surface area contributed by atoms with Crippen molar-refractivity contribution < 1.29 is 13.7 Å². The second kappa shape index (κ2) is 10.1. The molecule has 0 spiro atoms. The van der Waals surface area contributed by atoms with Crippen LogP contribution in [-0.4, -0.2) is 24.5 Å². The number of nitrogens with zero attached hydrogens (tertiary/aromatic N) is 1. The summed E-state index contributed by atoms with van der Waals surface area (Å²) in [7, 11) is -0.538. The zero-order chi connectivity index (χ0) is 9.94. The van der Waals surface area contributed by atoms with Gasteiger partial charge >= 0.3 is 78.9 Å². The third-order valence-electron chi connectivity index (χ3n) is 1.08. The van der Waals surface area contributed by atoms with Gasteiger partial charge in [0.2, 0.25) is 0 Å². The van der Waals surface area contributed by atoms with Gasteiger partial charge in [-0.15, -0.1) is 0 Å². The van der Waals surface area contributed by atoms with Crippen molar-refractivity contribution in [2.45, 2.75) is 0 Å². The molecule has 0 aliphatic carbocycles. The van der Waals surface area contributed by atoms with Crippen molar-refractivity contribution in [1.29, 1.82) is 0 Å². The molecule has 0 aliphatic heterocycles. The standard InChI is InChI=1S/C6H6NO3P3/c8-11-4-1-7(2-5-12-9)3-6-13-10/h1-3H2. The quantitative estimate of drug-likeness (QED) is 0.700. The fourth-order valence-corrected chi connectivity index (χ4v) is 1.33. The van der Waals surface area contributed by atoms with E-state index in [0.717, 1.165) is 0 Å². The van der Waals surface area contributed by atoms with Gasteiger partial charge < -0.3 is 0 Å². The van der Waals surface area contributed by atoms with E-state index in [2.05, 4.69) is 16.9 Å². The number of hydrogen-bond donors (Lipinski definition) is 0. The molecular weight excluding hydrogens is 227 g/mol. The summed E-state index contributed by atoms with van der Waals surface area (Å²) in [6.45, 7) is 0.988. The van der Waals surface area contributed by atoms with E-state index >= 15 is 0 Å². The Morgan fingerprint density at radius 3 is 1.31 bits per heavy atom. The van der Waals surface area contributed by atoms with Crippen molar-refractivity contribution in [3.05, 3.63) is 0 Å². The topological polar surface area (TPSA) is 54.5 Å². The third-order valence-corrected chi connectivity index (χ3v) is 1.89. The van der Waals surface area contributed by atoms with E-state index < -0.39 is 0 Å². The van der Waals surface area contributed by atoms with Crippen molar-refractivity contribution in [2.75, 3.05) is 19.6 Å². The van der Waals surface area contributed by atoms with Gasteiger partial charge in [-0.05, 0) is 0 Å². The van der Waals surface area contributed by atoms with Gasteiger partial charge in [0.05, 0.1) is 0 Å². The molecule has 0 aromatic rings. The van der Waals surface area contributed by atoms with Crippen LogP contribution in [0, 0.1) is 16.9 Å². The van der Waals surface area contributed by atoms with Crippen molar-refractivity contribution in [2.24, 2.45) is 0 Å². The Hall–Kier alpha value is -0.0100. The molecule has 7 heteroatoms. The summed E-state index contributed by atoms with van der Waals surface area (Å²) in [6, 6.07) is 0. The molecule has 0 aromatic heterocycles. The first-order chi connectivity index (χ1) is 6.35. The predicted molar refractivity (Wildman–Crippen MR) is 50.9 cm³/mol. The summed E-state index contributed by atoms with van der Waals surface area (Å²) in [4.78, 5) is 1.68. The molecule has 0 saturated heterocycles. The van der Waals surface area contributed by atoms with E-state index in [1.807, 2.05) is 0 Å². The summed E-state index contributed by atoms with van der Waals surface area (Å²) < 4.78 is 30.1. The summed E-state index contributed by atoms with van der Waals surface area (Å²) in [6.07, 6.45) is 0. The predicted octanol–water partition coefficient (Wildman–Crippen LogP) is 2.04. The molecule has 13 heavy (non-hydrogen) atoms. The second-order valence-corrected chi connectivity index (χ2v) is 3.39. The zero-order valence-electron chi connectivity index (χ0n) is 6.63. The van der Waals surface area contributed by atoms with E-state index in [9.17, 15) is 13.7 Å². The molecule has 4 nitrogen and oxygen atoms in total. The Labute approximate surface area is 79.4 Å². The first kappa shape index (κ1) is 13.0. The van der Waals surface area contributed by atoms with Crippen molar-refractivity contribution in [1.82, 2.24) is 4.90 Å². The first-order valence-corrected chi connectivity index (χ1v) is 5.66. The molecule has 0 rings (SSSR count). The molecule has 0 radical (unpaired) electrons. The fourth-order valence-electron chi connectivity index (χ4n) is 0.554. The van der Waals surface area contributed by atoms with Gasteiger partial charge in [-0.2, -0.15) is 0 Å². The van der Waals surface area contributed by atoms with Crippen LogP contribution in [0.4, 0.5) is 0 Å². The molecule has 0 atom stereocenters. The normalized spacial score (nSPS) is 8.08. The molecule has 0 aromatic carbocycles. The van der Waals surface area contributed by atoms with Crippen LogP contribution in [0.15, 0.2) is 0 Å². The summed E-state index contributed by atoms with van der Waals surface area (Å²) >= 11 is 0. The Bertz CT molecular complexity index is 371. The van der Waals surface area contributed by atoms with Crippen LogP contribution < -0.4 is 0 Å². The molecule has 68 valence electrons. The molecule has 0 bridgehead atoms. The summed E-state index contributed by atoms with van der Waals surface area (Å²) in [5.41, 5.74) is 7.56. The Morgan fingerprint density at radius 1 is 0.769 bits per heavy atom. The zero-order valence-corrected chi connectivity index (χ0v) is 9.32. The van der Waals surface area contributed by atoms with Gasteiger partial charge in [0.1, 0.15) is 0 Å². The van der Waals surface area contributed by atoms with E-state index in [4.69, 9.17) is 0 Å². The van der Waals surface area contributed by atoms with E-state index in [1.54, 1.807) is 4.90 Å². The van der Waals surface area contributed by atoms with Crippen LogP contribution in [0.1, 0.15) is 0 Å². The van der Waals surface area contributed by atoms with Gasteiger partial charge in [0.15, 0.2) is 0 Å². The maximum atomic E-state index is 10.0. The van der Waals surface area contributed by atoms with E-state index in [1.165, 1.54) is 0 Å². The van der Waals surface area contributed by atoms with Gasteiger partial charge in [-0.3, -0.25) is 0 Å². The summed E-state index contributed by atoms with van der Waals surface area (Å²) in [5.74, 6) is 0. The molecule has 0 heterocycles. The van der Waals surface area contributed by atoms with Crippen molar-refractivity contribution >= 4 is 23.7 Å². The first-order valence-electron chi connectivity index (χ1n) is 3.23. The van der Waals surface area contributed by atoms with E-state index in [0.29, 0.717) is 19.6 Å². The molecule has 0 N–H and O–H groups in total. The van der Waals surface area contributed by atoms with Crippen LogP contribution in [0.25, 0.3) is 0 Å². The molecule has 0 fully saturated rings. The van der Waals surface area contributed by atoms with Crippen molar-refractivity contribution in [3.63, 3.8) is 0 Å². The van der Waals surface area contributed by atoms with Gasteiger partial charge in [-0.1, -0.05) is 0 Å². The SMILES string of the molecule is O=P#CCN(CC#P=O)CC#P=O. The minimum absolute atomic E-state index is 0.179. The summed E-state index contributed by atoms with van der Waals surface area (Å²) in [5, 5.41) is 0. The van der Waals surface area contributed by atoms with Gasteiger partial charge in [0, 0.05) is 0 Å². The molecule has 0 unspecified atom stereocenters. The molecule has 0 aliphatic rings. The number of hydrogen-bond acceptors (Lipinski definition) is 4. The maximum absolute atomic E-state index is 10.0. The Balaban J connectivity index is 4.24. The number of rotatable bonds is 3. The Morgan fingerprint density at radius 2 is 1.08 bits per heavy atom. The van der Waals surface area contributed by atoms with Crippen LogP contribution in [0.3, 0.4) is 0 Å². The van der Waals surface area contributed by atoms with Gasteiger partial charge in [-0.25, -0.2) is 0 Å². The van der Waals surface area contributed by atoms with Crippen LogP contribution in [0.2, 0.25) is 0 Å². The monoisotopic (exact) mass is 233 g/mol. The van der Waals surface area contributed by atoms with Crippen LogP contribution in [-0.2, 0) is 13.7 Å². The second-order valence-electron chi connectivity index (χ2n) is 1.89. The van der Waals surface area contributed by atoms with Crippen LogP contribution >= 0.6 is 23.7 Å². The Kier molecular flexibility index (Phi) is 10.1. The fraction of sp³-hybridized carbons (Fsp3) is 0.500.